The third-order valence-corrected chi connectivity index (χ3v) is 7.47. The predicted molar refractivity (Wildman–Crippen MR) is 95.0 cm³/mol. The minimum atomic E-state index is -0.855. The van der Waals surface area contributed by atoms with Gasteiger partial charge < -0.3 is 10.4 Å². The summed E-state index contributed by atoms with van der Waals surface area (Å²) < 4.78 is 0.464. The molecule has 1 aromatic carbocycles. The number of nitrogens with one attached hydrogen (secondary N) is 1. The molecule has 1 aliphatic heterocycles. The third kappa shape index (κ3) is 4.04. The molecule has 0 unspecified atom stereocenters. The number of carboxylic acids is 1. The van der Waals surface area contributed by atoms with Crippen LogP contribution in [0, 0.1) is 0 Å². The van der Waals surface area contributed by atoms with E-state index in [4.69, 9.17) is 5.11 Å². The molecule has 3 rings (SSSR count). The van der Waals surface area contributed by atoms with Crippen LogP contribution in [0.4, 0.5) is 0 Å². The molecule has 1 saturated heterocycles. The van der Waals surface area contributed by atoms with Crippen LogP contribution in [0.15, 0.2) is 24.3 Å². The smallest absolute Gasteiger partial charge is 0.305 e. The summed E-state index contributed by atoms with van der Waals surface area (Å²) >= 11 is 3.91. The molecule has 4 nitrogen and oxygen atoms in total. The molecule has 0 spiro atoms. The van der Waals surface area contributed by atoms with Crippen LogP contribution in [-0.4, -0.2) is 34.0 Å². The molecular formula is C17H21NO3S2. The maximum Gasteiger partial charge on any atom is 0.305 e. The van der Waals surface area contributed by atoms with Gasteiger partial charge in [-0.15, -0.1) is 23.5 Å². The number of rotatable bonds is 5. The Kier molecular flexibility index (Phi) is 5.21. The molecule has 1 heterocycles. The average molecular weight is 351 g/mol. The summed E-state index contributed by atoms with van der Waals surface area (Å²) in [6, 6.07) is 7.76. The molecule has 6 heteroatoms. The second-order valence-corrected chi connectivity index (χ2v) is 8.93. The fourth-order valence-electron chi connectivity index (χ4n) is 3.02. The average Bonchev–Trinajstić information content (AvgIpc) is 2.53. The Hall–Kier alpha value is -1.14. The highest BCUT2D eigenvalue weighted by Gasteiger charge is 2.40. The van der Waals surface area contributed by atoms with Gasteiger partial charge in [-0.2, -0.15) is 0 Å². The van der Waals surface area contributed by atoms with Crippen molar-refractivity contribution in [1.29, 1.82) is 0 Å². The van der Waals surface area contributed by atoms with E-state index >= 15 is 0 Å². The normalized spacial score (nSPS) is 20.5. The van der Waals surface area contributed by atoms with Crippen LogP contribution >= 0.6 is 23.5 Å². The summed E-state index contributed by atoms with van der Waals surface area (Å²) in [7, 11) is 0. The first-order valence-electron chi connectivity index (χ1n) is 7.95. The molecule has 2 N–H and O–H groups in total. The second kappa shape index (κ2) is 7.18. The lowest BCUT2D eigenvalue weighted by molar-refractivity contribution is -0.139. The van der Waals surface area contributed by atoms with Gasteiger partial charge in [-0.05, 0) is 54.9 Å². The quantitative estimate of drug-likeness (QED) is 0.847. The van der Waals surface area contributed by atoms with Crippen LogP contribution in [-0.2, 0) is 4.79 Å². The van der Waals surface area contributed by atoms with Crippen LogP contribution in [0.25, 0.3) is 0 Å². The van der Waals surface area contributed by atoms with E-state index in [0.717, 1.165) is 19.3 Å². The fraction of sp³-hybridized carbons (Fsp3) is 0.529. The number of benzene rings is 1. The van der Waals surface area contributed by atoms with Crippen LogP contribution in [0.2, 0.25) is 0 Å². The van der Waals surface area contributed by atoms with Crippen molar-refractivity contribution in [2.75, 3.05) is 11.5 Å². The van der Waals surface area contributed by atoms with Gasteiger partial charge in [0.1, 0.15) is 0 Å². The van der Waals surface area contributed by atoms with Crippen molar-refractivity contribution in [3.05, 3.63) is 35.4 Å². The van der Waals surface area contributed by atoms with Gasteiger partial charge in [-0.1, -0.05) is 12.1 Å². The number of carboxylic acid groups (broad SMARTS) is 1. The maximum absolute atomic E-state index is 12.4. The summed E-state index contributed by atoms with van der Waals surface area (Å²) in [5.41, 5.74) is 1.31. The van der Waals surface area contributed by atoms with Gasteiger partial charge in [0.2, 0.25) is 0 Å². The van der Waals surface area contributed by atoms with E-state index in [-0.39, 0.29) is 12.3 Å². The third-order valence-electron chi connectivity index (χ3n) is 4.45. The second-order valence-electron chi connectivity index (χ2n) is 6.21. The number of carbonyl (C=O) groups excluding carboxylic acids is 1. The van der Waals surface area contributed by atoms with E-state index in [1.165, 1.54) is 23.5 Å². The largest absolute Gasteiger partial charge is 0.481 e. The first-order chi connectivity index (χ1) is 11.1. The first-order valence-corrected chi connectivity index (χ1v) is 10.1. The molecule has 124 valence electrons. The molecule has 2 fully saturated rings. The topological polar surface area (TPSA) is 66.4 Å². The van der Waals surface area contributed by atoms with E-state index < -0.39 is 11.5 Å². The minimum Gasteiger partial charge on any atom is -0.481 e. The van der Waals surface area contributed by atoms with Gasteiger partial charge in [0, 0.05) is 5.56 Å². The van der Waals surface area contributed by atoms with Gasteiger partial charge in [0.25, 0.3) is 5.91 Å². The maximum atomic E-state index is 12.4. The molecule has 1 aliphatic carbocycles. The Morgan fingerprint density at radius 2 is 1.78 bits per heavy atom. The SMILES string of the molecule is O=C(O)CC1(NC(=O)c2ccc(C3SCCCS3)cc2)CCC1. The van der Waals surface area contributed by atoms with Gasteiger partial charge in [-0.3, -0.25) is 9.59 Å². The lowest BCUT2D eigenvalue weighted by atomic mass is 9.74. The Morgan fingerprint density at radius 1 is 1.13 bits per heavy atom. The number of hydrogen-bond acceptors (Lipinski definition) is 4. The van der Waals surface area contributed by atoms with Crippen LogP contribution in [0.3, 0.4) is 0 Å². The summed E-state index contributed by atoms with van der Waals surface area (Å²) in [5.74, 6) is 1.36. The van der Waals surface area contributed by atoms with Gasteiger partial charge >= 0.3 is 5.97 Å². The number of hydrogen-bond donors (Lipinski definition) is 2. The highest BCUT2D eigenvalue weighted by molar-refractivity contribution is 8.16. The van der Waals surface area contributed by atoms with Crippen molar-refractivity contribution in [1.82, 2.24) is 5.32 Å². The van der Waals surface area contributed by atoms with E-state index in [9.17, 15) is 9.59 Å². The van der Waals surface area contributed by atoms with Gasteiger partial charge in [0.15, 0.2) is 0 Å². The molecule has 0 aromatic heterocycles. The molecule has 23 heavy (non-hydrogen) atoms. The zero-order valence-electron chi connectivity index (χ0n) is 12.9. The highest BCUT2D eigenvalue weighted by atomic mass is 32.2. The summed E-state index contributed by atoms with van der Waals surface area (Å²) in [4.78, 5) is 23.4. The molecular weight excluding hydrogens is 330 g/mol. The van der Waals surface area contributed by atoms with Crippen molar-refractivity contribution < 1.29 is 14.7 Å². The monoisotopic (exact) mass is 351 g/mol. The number of carbonyl (C=O) groups is 2. The molecule has 1 saturated carbocycles. The van der Waals surface area contributed by atoms with Crippen molar-refractivity contribution in [3.63, 3.8) is 0 Å². The van der Waals surface area contributed by atoms with Crippen molar-refractivity contribution in [2.45, 2.75) is 42.2 Å². The number of amides is 1. The van der Waals surface area contributed by atoms with Crippen LogP contribution in [0.5, 0.6) is 0 Å². The van der Waals surface area contributed by atoms with Crippen LogP contribution in [0.1, 0.15) is 52.6 Å². The summed E-state index contributed by atoms with van der Waals surface area (Å²) in [5, 5.41) is 12.0. The Labute approximate surface area is 144 Å². The first kappa shape index (κ1) is 16.7. The predicted octanol–water partition coefficient (Wildman–Crippen LogP) is 3.68. The zero-order chi connectivity index (χ0) is 16.3. The van der Waals surface area contributed by atoms with Gasteiger partial charge in [-0.25, -0.2) is 0 Å². The van der Waals surface area contributed by atoms with E-state index in [0.29, 0.717) is 10.1 Å². The molecule has 1 aromatic rings. The molecule has 1 amide bonds. The highest BCUT2D eigenvalue weighted by Crippen LogP contribution is 2.43. The molecule has 0 atom stereocenters. The van der Waals surface area contributed by atoms with Crippen molar-refractivity contribution >= 4 is 35.4 Å². The van der Waals surface area contributed by atoms with E-state index in [1.807, 2.05) is 47.8 Å². The Balaban J connectivity index is 1.64. The Morgan fingerprint density at radius 3 is 2.30 bits per heavy atom. The Bertz CT molecular complexity index is 578. The molecule has 0 bridgehead atoms. The van der Waals surface area contributed by atoms with Crippen LogP contribution < -0.4 is 5.32 Å². The zero-order valence-corrected chi connectivity index (χ0v) is 14.5. The lowest BCUT2D eigenvalue weighted by Gasteiger charge is -2.41. The van der Waals surface area contributed by atoms with Gasteiger partial charge in [0.05, 0.1) is 16.5 Å². The van der Waals surface area contributed by atoms with Crippen molar-refractivity contribution in [2.24, 2.45) is 0 Å². The number of aliphatic carboxylic acids is 1. The molecule has 0 radical (unpaired) electrons. The lowest BCUT2D eigenvalue weighted by Crippen LogP contribution is -2.54. The minimum absolute atomic E-state index is 0.00613. The fourth-order valence-corrected chi connectivity index (χ4v) is 5.92. The van der Waals surface area contributed by atoms with E-state index in [1.54, 1.807) is 0 Å². The number of thioether (sulfide) groups is 2. The van der Waals surface area contributed by atoms with Crippen molar-refractivity contribution in [3.8, 4) is 0 Å². The molecule has 2 aliphatic rings. The standard InChI is InChI=1S/C17H21NO3S2/c19-14(20)11-17(7-1-8-17)18-15(21)12-3-5-13(6-4-12)16-22-9-2-10-23-16/h3-6,16H,1-2,7-11H2,(H,18,21)(H,19,20). The van der Waals surface area contributed by atoms with E-state index in [2.05, 4.69) is 5.32 Å². The summed E-state index contributed by atoms with van der Waals surface area (Å²) in [6.07, 6.45) is 3.74. The summed E-state index contributed by atoms with van der Waals surface area (Å²) in [6.45, 7) is 0.